The maximum atomic E-state index is 14.3. The molecule has 14 N–H and O–H groups in total. The van der Waals surface area contributed by atoms with Crippen LogP contribution in [0.5, 0.6) is 5.75 Å². The smallest absolute Gasteiger partial charge is 0.248 e. The van der Waals surface area contributed by atoms with E-state index >= 15 is 0 Å². The van der Waals surface area contributed by atoms with Crippen molar-refractivity contribution in [3.63, 3.8) is 0 Å². The lowest BCUT2D eigenvalue weighted by atomic mass is 9.91. The van der Waals surface area contributed by atoms with Crippen molar-refractivity contribution in [3.05, 3.63) is 29.8 Å². The zero-order valence-corrected chi connectivity index (χ0v) is 41.9. The van der Waals surface area contributed by atoms with E-state index in [9.17, 15) is 84.8 Å². The number of amides is 7. The van der Waals surface area contributed by atoms with Crippen LogP contribution in [0.3, 0.4) is 0 Å². The molecule has 1 aromatic rings. The Labute approximate surface area is 424 Å². The molecule has 0 saturated carbocycles. The van der Waals surface area contributed by atoms with E-state index in [4.69, 9.17) is 0 Å². The molecule has 16 atom stereocenters. The molecule has 3 aliphatic heterocycles. The number of phenols is 1. The molecule has 3 aliphatic rings. The Morgan fingerprint density at radius 3 is 2.01 bits per heavy atom. The van der Waals surface area contributed by atoms with Crippen LogP contribution in [-0.2, 0) is 33.6 Å². The zero-order chi connectivity index (χ0) is 54.3. The molecule has 24 heteroatoms. The molecule has 0 aliphatic carbocycles. The molecule has 3 fully saturated rings. The first kappa shape index (κ1) is 60.0. The van der Waals surface area contributed by atoms with Crippen LogP contribution in [0.1, 0.15) is 123 Å². The molecule has 2 unspecified atom stereocenters. The molecule has 73 heavy (non-hydrogen) atoms. The lowest BCUT2D eigenvalue weighted by molar-refractivity contribution is -0.148. The fourth-order valence-electron chi connectivity index (χ4n) is 9.50. The van der Waals surface area contributed by atoms with E-state index in [1.807, 2.05) is 0 Å². The van der Waals surface area contributed by atoms with Gasteiger partial charge in [-0.15, -0.1) is 0 Å². The van der Waals surface area contributed by atoms with Crippen molar-refractivity contribution in [2.24, 2.45) is 11.8 Å². The summed E-state index contributed by atoms with van der Waals surface area (Å²) in [6.45, 7) is 6.77. The van der Waals surface area contributed by atoms with Crippen LogP contribution in [0.2, 0.25) is 0 Å². The van der Waals surface area contributed by atoms with Gasteiger partial charge in [-0.25, -0.2) is 0 Å². The third kappa shape index (κ3) is 16.7. The van der Waals surface area contributed by atoms with Gasteiger partial charge in [0.1, 0.15) is 60.3 Å². The van der Waals surface area contributed by atoms with Gasteiger partial charge >= 0.3 is 0 Å². The van der Waals surface area contributed by atoms with Gasteiger partial charge in [0.25, 0.3) is 0 Å². The highest BCUT2D eigenvalue weighted by Crippen LogP contribution is 2.27. The number of rotatable bonds is 18. The Bertz CT molecular complexity index is 2080. The number of carbonyl (C=O) groups is 7. The molecule has 0 bridgehead atoms. The summed E-state index contributed by atoms with van der Waals surface area (Å²) in [7, 11) is 0. The molecule has 0 radical (unpaired) electrons. The summed E-state index contributed by atoms with van der Waals surface area (Å²) in [5, 5.41) is 120. The van der Waals surface area contributed by atoms with Crippen molar-refractivity contribution >= 4 is 41.4 Å². The zero-order valence-electron chi connectivity index (χ0n) is 41.9. The topological polar surface area (TPSA) is 392 Å². The third-order valence-electron chi connectivity index (χ3n) is 13.9. The van der Waals surface area contributed by atoms with Crippen LogP contribution in [-0.4, -0.2) is 189 Å². The minimum absolute atomic E-state index is 0.0721. The van der Waals surface area contributed by atoms with Gasteiger partial charge in [0.2, 0.25) is 41.4 Å². The molecular formula is C49H76N8O16. The maximum Gasteiger partial charge on any atom is 0.248 e. The normalized spacial score (nSPS) is 29.4. The Morgan fingerprint density at radius 1 is 0.753 bits per heavy atom. The number of benzene rings is 1. The molecule has 24 nitrogen and oxygen atoms in total. The van der Waals surface area contributed by atoms with Gasteiger partial charge in [0.05, 0.1) is 36.9 Å². The quantitative estimate of drug-likeness (QED) is 0.0666. The van der Waals surface area contributed by atoms with E-state index in [-0.39, 0.29) is 24.2 Å². The van der Waals surface area contributed by atoms with Gasteiger partial charge in [-0.3, -0.25) is 33.6 Å². The Morgan fingerprint density at radius 2 is 1.37 bits per heavy atom. The summed E-state index contributed by atoms with van der Waals surface area (Å²) >= 11 is 0. The minimum atomic E-state index is -2.33. The highest BCUT2D eigenvalue weighted by atomic mass is 16.3. The van der Waals surface area contributed by atoms with Crippen molar-refractivity contribution in [1.82, 2.24) is 36.4 Å². The van der Waals surface area contributed by atoms with Crippen molar-refractivity contribution in [3.8, 4) is 11.8 Å². The van der Waals surface area contributed by atoms with Crippen molar-refractivity contribution in [2.75, 3.05) is 13.1 Å². The summed E-state index contributed by atoms with van der Waals surface area (Å²) in [6.07, 6.45) is -10.8. The molecule has 0 spiro atoms. The van der Waals surface area contributed by atoms with E-state index in [2.05, 4.69) is 47.4 Å². The standard InChI is InChI=1S/C49H76N8O16/c1-5-25(2)21-26(3)11-9-7-6-8-10-12-36(64)51-31-23-35(63)45(69)55-47(71)40-34(62)18-20-56(40)49(73)38(33(61)17-19-50)53-46(70)39(42(66)41(65)28-13-15-29(59)16-14-28)54-44(68)32-22-30(60)24-57(32)48(72)37(27(4)58)52-43(31)67/h13-16,25-27,30-35,37-42,45,58-63,65-66,69H,5-12,17-18,20-24H2,1-4H3,(H,51,64)(H,52,67)(H,53,70)(H,54,68)(H,55,71)/t25?,26?,27-,30-,31+,32+,33-,34+,35-,37+,38+,39+,40+,41+,42+,45-/m1/s1. The Kier molecular flexibility index (Phi) is 23.2. The van der Waals surface area contributed by atoms with E-state index in [0.29, 0.717) is 29.6 Å². The van der Waals surface area contributed by atoms with Crippen LogP contribution in [0.15, 0.2) is 24.3 Å². The van der Waals surface area contributed by atoms with Gasteiger partial charge < -0.3 is 82.3 Å². The van der Waals surface area contributed by atoms with Gasteiger partial charge in [-0.2, -0.15) is 5.26 Å². The number of fused-ring (bicyclic) bond motifs is 2. The second kappa shape index (κ2) is 28.2. The second-order valence-corrected chi connectivity index (χ2v) is 19.9. The number of nitriles is 1. The molecule has 0 aromatic heterocycles. The van der Waals surface area contributed by atoms with Crippen molar-refractivity contribution in [1.29, 1.82) is 5.26 Å². The number of nitrogens with one attached hydrogen (secondary N) is 5. The van der Waals surface area contributed by atoms with E-state index in [1.165, 1.54) is 12.1 Å². The molecular weight excluding hydrogens is 957 g/mol. The molecule has 408 valence electrons. The van der Waals surface area contributed by atoms with Gasteiger partial charge in [-0.1, -0.05) is 71.4 Å². The third-order valence-corrected chi connectivity index (χ3v) is 13.9. The lowest BCUT2D eigenvalue weighted by Crippen LogP contribution is -2.64. The molecule has 4 rings (SSSR count). The molecule has 1 aromatic carbocycles. The molecule has 3 saturated heterocycles. The summed E-state index contributed by atoms with van der Waals surface area (Å²) < 4.78 is 0. The number of hydrogen-bond acceptors (Lipinski definition) is 17. The monoisotopic (exact) mass is 1030 g/mol. The van der Waals surface area contributed by atoms with Gasteiger partial charge in [0, 0.05) is 32.4 Å². The second-order valence-electron chi connectivity index (χ2n) is 19.9. The number of carbonyl (C=O) groups excluding carboxylic acids is 7. The number of phenolic OH excluding ortho intramolecular Hbond substituents is 1. The molecule has 3 heterocycles. The van der Waals surface area contributed by atoms with Crippen molar-refractivity contribution in [2.45, 2.75) is 196 Å². The Balaban J connectivity index is 1.70. The predicted octanol–water partition coefficient (Wildman–Crippen LogP) is -2.69. The first-order chi connectivity index (χ1) is 34.5. The SMILES string of the molecule is CCC(C)CC(C)CCCCCCCC(=O)N[C@H]1C[C@@H](O)[C@@H](O)NC(=O)[C@@H]2[C@@H](O)CCN2C(=O)[C@H]([C@H](O)CC#N)NC(=O)[C@H]([C@H](O)[C@@H](O)c2ccc(O)cc2)NC(=O)[C@@H]2C[C@@H](O)CN2C(=O)[C@H]([C@@H](C)O)NC1=O. The van der Waals surface area contributed by atoms with Crippen molar-refractivity contribution < 1.29 is 79.5 Å². The summed E-state index contributed by atoms with van der Waals surface area (Å²) in [5.74, 6) is -7.27. The lowest BCUT2D eigenvalue weighted by Gasteiger charge is -2.34. The number of aliphatic hydroxyl groups excluding tert-OH is 8. The predicted molar refractivity (Wildman–Crippen MR) is 257 cm³/mol. The van der Waals surface area contributed by atoms with Crippen LogP contribution in [0.25, 0.3) is 0 Å². The molecule has 7 amide bonds. The van der Waals surface area contributed by atoms with E-state index < -0.39 is 159 Å². The first-order valence-electron chi connectivity index (χ1n) is 25.2. The Hall–Kier alpha value is -5.52. The van der Waals surface area contributed by atoms with Crippen LogP contribution in [0, 0.1) is 23.2 Å². The number of unbranched alkanes of at least 4 members (excludes halogenated alkanes) is 4. The van der Waals surface area contributed by atoms with Gasteiger partial charge in [-0.05, 0) is 55.7 Å². The highest BCUT2D eigenvalue weighted by Gasteiger charge is 2.49. The van der Waals surface area contributed by atoms with Crippen LogP contribution >= 0.6 is 0 Å². The van der Waals surface area contributed by atoms with Crippen LogP contribution in [0.4, 0.5) is 0 Å². The number of aliphatic hydroxyl groups is 8. The average Bonchev–Trinajstić information content (AvgIpc) is 3.94. The fraction of sp³-hybridized carbons (Fsp3) is 0.714. The van der Waals surface area contributed by atoms with E-state index in [0.717, 1.165) is 62.5 Å². The van der Waals surface area contributed by atoms with Crippen LogP contribution < -0.4 is 26.6 Å². The number of nitrogens with zero attached hydrogens (tertiary/aromatic N) is 3. The fourth-order valence-corrected chi connectivity index (χ4v) is 9.50. The summed E-state index contributed by atoms with van der Waals surface area (Å²) in [6, 6.07) is -5.46. The van der Waals surface area contributed by atoms with Gasteiger partial charge in [0.15, 0.2) is 6.23 Å². The highest BCUT2D eigenvalue weighted by molar-refractivity contribution is 5.98. The largest absolute Gasteiger partial charge is 0.508 e. The maximum absolute atomic E-state index is 14.3. The minimum Gasteiger partial charge on any atom is -0.508 e. The number of hydrogen-bond donors (Lipinski definition) is 14. The van der Waals surface area contributed by atoms with E-state index in [1.54, 1.807) is 6.07 Å². The summed E-state index contributed by atoms with van der Waals surface area (Å²) in [4.78, 5) is 100. The first-order valence-corrected chi connectivity index (χ1v) is 25.2. The average molecular weight is 1030 g/mol. The summed E-state index contributed by atoms with van der Waals surface area (Å²) in [5.41, 5.74) is -0.0968. The number of aromatic hydroxyl groups is 1.